The molecule has 2 fully saturated rings. The minimum absolute atomic E-state index is 0.156. The highest BCUT2D eigenvalue weighted by atomic mass is 32.1. The van der Waals surface area contributed by atoms with Gasteiger partial charge in [0.25, 0.3) is 5.91 Å². The molecule has 1 aliphatic heterocycles. The lowest BCUT2D eigenvalue weighted by Crippen LogP contribution is -2.32. The van der Waals surface area contributed by atoms with Crippen molar-refractivity contribution in [2.75, 3.05) is 13.1 Å². The summed E-state index contributed by atoms with van der Waals surface area (Å²) in [5.74, 6) is 1.44. The van der Waals surface area contributed by atoms with Gasteiger partial charge in [0, 0.05) is 19.1 Å². The molecule has 18 heavy (non-hydrogen) atoms. The second kappa shape index (κ2) is 4.63. The number of nitrogens with two attached hydrogens (primary N) is 1. The molecule has 1 aliphatic carbocycles. The Morgan fingerprint density at radius 3 is 2.94 bits per heavy atom. The standard InChI is InChI=1S/C13H19N3OS/c1-8-15-5-12(18-8)13(17)16-6-9-2-3-11(14)4-10(9)7-16/h5,9-11H,2-4,6-7,14H2,1H3/t9-,10+,11?/m1/s1. The predicted molar refractivity (Wildman–Crippen MR) is 71.6 cm³/mol. The highest BCUT2D eigenvalue weighted by molar-refractivity contribution is 7.13. The molecule has 1 saturated carbocycles. The zero-order chi connectivity index (χ0) is 12.7. The zero-order valence-corrected chi connectivity index (χ0v) is 11.4. The molecule has 0 spiro atoms. The SMILES string of the molecule is Cc1ncc(C(=O)N2C[C@H]3CCC(N)C[C@H]3C2)s1. The van der Waals surface area contributed by atoms with Gasteiger partial charge in [0.15, 0.2) is 0 Å². The summed E-state index contributed by atoms with van der Waals surface area (Å²) < 4.78 is 0. The number of carbonyl (C=O) groups excluding carboxylic acids is 1. The fourth-order valence-electron chi connectivity index (χ4n) is 3.25. The molecule has 0 bridgehead atoms. The van der Waals surface area contributed by atoms with Gasteiger partial charge >= 0.3 is 0 Å². The first-order chi connectivity index (χ1) is 8.63. The molecule has 1 aromatic heterocycles. The molecule has 2 heterocycles. The molecule has 4 nitrogen and oxygen atoms in total. The van der Waals surface area contributed by atoms with Crippen LogP contribution in [0.2, 0.25) is 0 Å². The third-order valence-electron chi connectivity index (χ3n) is 4.21. The number of aromatic nitrogens is 1. The molecule has 98 valence electrons. The molecular formula is C13H19N3OS. The van der Waals surface area contributed by atoms with Gasteiger partial charge in [-0.25, -0.2) is 4.98 Å². The van der Waals surface area contributed by atoms with Gasteiger partial charge in [-0.2, -0.15) is 0 Å². The molecule has 1 unspecified atom stereocenters. The predicted octanol–water partition coefficient (Wildman–Crippen LogP) is 1.65. The monoisotopic (exact) mass is 265 g/mol. The number of nitrogens with zero attached hydrogens (tertiary/aromatic N) is 2. The summed E-state index contributed by atoms with van der Waals surface area (Å²) in [6.45, 7) is 3.73. The lowest BCUT2D eigenvalue weighted by atomic mass is 9.79. The number of hydrogen-bond donors (Lipinski definition) is 1. The number of aryl methyl sites for hydroxylation is 1. The number of amides is 1. The van der Waals surface area contributed by atoms with Crippen LogP contribution < -0.4 is 5.73 Å². The van der Waals surface area contributed by atoms with Crippen LogP contribution in [0.5, 0.6) is 0 Å². The van der Waals surface area contributed by atoms with Crippen molar-refractivity contribution in [1.29, 1.82) is 0 Å². The van der Waals surface area contributed by atoms with Gasteiger partial charge in [0.2, 0.25) is 0 Å². The molecule has 2 aliphatic rings. The smallest absolute Gasteiger partial charge is 0.265 e. The fourth-order valence-corrected chi connectivity index (χ4v) is 4.00. The normalized spacial score (nSPS) is 31.4. The topological polar surface area (TPSA) is 59.2 Å². The van der Waals surface area contributed by atoms with Gasteiger partial charge < -0.3 is 10.6 Å². The molecule has 3 atom stereocenters. The minimum atomic E-state index is 0.156. The third kappa shape index (κ3) is 2.17. The molecule has 1 aromatic rings. The Morgan fingerprint density at radius 1 is 1.44 bits per heavy atom. The Morgan fingerprint density at radius 2 is 2.22 bits per heavy atom. The molecule has 1 amide bonds. The van der Waals surface area contributed by atoms with Gasteiger partial charge in [0.05, 0.1) is 11.2 Å². The van der Waals surface area contributed by atoms with Crippen molar-refractivity contribution in [3.05, 3.63) is 16.1 Å². The van der Waals surface area contributed by atoms with E-state index in [4.69, 9.17) is 5.73 Å². The van der Waals surface area contributed by atoms with Crippen molar-refractivity contribution < 1.29 is 4.79 Å². The van der Waals surface area contributed by atoms with Gasteiger partial charge in [-0.15, -0.1) is 11.3 Å². The number of likely N-dealkylation sites (tertiary alicyclic amines) is 1. The van der Waals surface area contributed by atoms with E-state index in [2.05, 4.69) is 4.98 Å². The largest absolute Gasteiger partial charge is 0.337 e. The van der Waals surface area contributed by atoms with E-state index >= 15 is 0 Å². The van der Waals surface area contributed by atoms with E-state index in [0.29, 0.717) is 17.9 Å². The lowest BCUT2D eigenvalue weighted by Gasteiger charge is -2.27. The first-order valence-electron chi connectivity index (χ1n) is 6.61. The first kappa shape index (κ1) is 12.1. The molecule has 3 rings (SSSR count). The van der Waals surface area contributed by atoms with Crippen molar-refractivity contribution in [2.45, 2.75) is 32.2 Å². The van der Waals surface area contributed by atoms with Crippen LogP contribution in [0.15, 0.2) is 6.20 Å². The van der Waals surface area contributed by atoms with Crippen LogP contribution in [0.3, 0.4) is 0 Å². The number of fused-ring (bicyclic) bond motifs is 1. The molecule has 0 aromatic carbocycles. The first-order valence-corrected chi connectivity index (χ1v) is 7.42. The number of hydrogen-bond acceptors (Lipinski definition) is 4. The maximum Gasteiger partial charge on any atom is 0.265 e. The van der Waals surface area contributed by atoms with Crippen molar-refractivity contribution in [3.63, 3.8) is 0 Å². The number of rotatable bonds is 1. The Labute approximate surface area is 111 Å². The van der Waals surface area contributed by atoms with Crippen molar-refractivity contribution in [2.24, 2.45) is 17.6 Å². The Bertz CT molecular complexity index is 459. The van der Waals surface area contributed by atoms with Crippen molar-refractivity contribution >= 4 is 17.2 Å². The minimum Gasteiger partial charge on any atom is -0.337 e. The average molecular weight is 265 g/mol. The van der Waals surface area contributed by atoms with Crippen LogP contribution >= 0.6 is 11.3 Å². The lowest BCUT2D eigenvalue weighted by molar-refractivity contribution is 0.0788. The summed E-state index contributed by atoms with van der Waals surface area (Å²) in [7, 11) is 0. The quantitative estimate of drug-likeness (QED) is 0.840. The third-order valence-corrected chi connectivity index (χ3v) is 5.11. The second-order valence-electron chi connectivity index (χ2n) is 5.55. The van der Waals surface area contributed by atoms with Crippen LogP contribution in [-0.4, -0.2) is 34.9 Å². The Hall–Kier alpha value is -0.940. The van der Waals surface area contributed by atoms with Gasteiger partial charge in [0.1, 0.15) is 4.88 Å². The van der Waals surface area contributed by atoms with E-state index in [1.54, 1.807) is 6.20 Å². The highest BCUT2D eigenvalue weighted by Crippen LogP contribution is 2.36. The van der Waals surface area contributed by atoms with Gasteiger partial charge in [-0.3, -0.25) is 4.79 Å². The van der Waals surface area contributed by atoms with E-state index in [1.165, 1.54) is 17.8 Å². The van der Waals surface area contributed by atoms with E-state index in [9.17, 15) is 4.79 Å². The molecule has 2 N–H and O–H groups in total. The Kier molecular flexibility index (Phi) is 3.11. The average Bonchev–Trinajstić information content (AvgIpc) is 2.93. The molecular weight excluding hydrogens is 246 g/mol. The van der Waals surface area contributed by atoms with E-state index < -0.39 is 0 Å². The van der Waals surface area contributed by atoms with E-state index in [0.717, 1.165) is 35.8 Å². The van der Waals surface area contributed by atoms with Crippen molar-refractivity contribution in [1.82, 2.24) is 9.88 Å². The summed E-state index contributed by atoms with van der Waals surface area (Å²) in [6.07, 6.45) is 5.08. The van der Waals surface area contributed by atoms with Crippen LogP contribution in [0, 0.1) is 18.8 Å². The van der Waals surface area contributed by atoms with Gasteiger partial charge in [-0.05, 0) is 38.0 Å². The van der Waals surface area contributed by atoms with E-state index in [1.807, 2.05) is 11.8 Å². The van der Waals surface area contributed by atoms with Crippen LogP contribution in [0.25, 0.3) is 0 Å². The molecule has 1 saturated heterocycles. The summed E-state index contributed by atoms with van der Waals surface area (Å²) in [5.41, 5.74) is 6.02. The molecule has 5 heteroatoms. The van der Waals surface area contributed by atoms with Crippen LogP contribution in [0.1, 0.15) is 33.9 Å². The maximum atomic E-state index is 12.4. The number of thiazole rings is 1. The van der Waals surface area contributed by atoms with Crippen molar-refractivity contribution in [3.8, 4) is 0 Å². The zero-order valence-electron chi connectivity index (χ0n) is 10.6. The van der Waals surface area contributed by atoms with Gasteiger partial charge in [-0.1, -0.05) is 0 Å². The maximum absolute atomic E-state index is 12.4. The van der Waals surface area contributed by atoms with E-state index in [-0.39, 0.29) is 5.91 Å². The Balaban J connectivity index is 1.70. The van der Waals surface area contributed by atoms with Crippen LogP contribution in [-0.2, 0) is 0 Å². The summed E-state index contributed by atoms with van der Waals surface area (Å²) in [5, 5.41) is 0.956. The fraction of sp³-hybridized carbons (Fsp3) is 0.692. The number of carbonyl (C=O) groups is 1. The summed E-state index contributed by atoms with van der Waals surface area (Å²) in [6, 6.07) is 0.340. The molecule has 0 radical (unpaired) electrons. The highest BCUT2D eigenvalue weighted by Gasteiger charge is 2.38. The summed E-state index contributed by atoms with van der Waals surface area (Å²) >= 11 is 1.49. The van der Waals surface area contributed by atoms with Crippen LogP contribution in [0.4, 0.5) is 0 Å². The summed E-state index contributed by atoms with van der Waals surface area (Å²) in [4.78, 5) is 19.3. The second-order valence-corrected chi connectivity index (χ2v) is 6.78.